The molecule has 214 valence electrons. The normalized spacial score (nSPS) is 12.2. The van der Waals surface area contributed by atoms with Crippen LogP contribution in [0.4, 0.5) is 5.69 Å². The minimum atomic E-state index is -4.14. The molecule has 0 spiro atoms. The average Bonchev–Trinajstić information content (AvgIpc) is 2.89. The first-order valence-corrected chi connectivity index (χ1v) is 15.2. The lowest BCUT2D eigenvalue weighted by Crippen LogP contribution is -2.51. The molecule has 3 rings (SSSR count). The fourth-order valence-electron chi connectivity index (χ4n) is 4.04. The zero-order valence-corrected chi connectivity index (χ0v) is 25.6. The lowest BCUT2D eigenvalue weighted by Gasteiger charge is -2.32. The number of aryl methyl sites for hydroxylation is 2. The summed E-state index contributed by atoms with van der Waals surface area (Å²) in [5.41, 5.74) is 2.53. The summed E-state index contributed by atoms with van der Waals surface area (Å²) in [6.45, 7) is 9.04. The number of anilines is 1. The third-order valence-electron chi connectivity index (χ3n) is 6.42. The van der Waals surface area contributed by atoms with Gasteiger partial charge in [0.25, 0.3) is 10.0 Å². The highest BCUT2D eigenvalue weighted by atomic mass is 35.5. The van der Waals surface area contributed by atoms with Gasteiger partial charge in [0, 0.05) is 28.7 Å². The first-order chi connectivity index (χ1) is 18.8. The zero-order valence-electron chi connectivity index (χ0n) is 23.3. The average molecular weight is 605 g/mol. The number of hydrogen-bond acceptors (Lipinski definition) is 4. The van der Waals surface area contributed by atoms with Crippen LogP contribution in [-0.4, -0.2) is 44.3 Å². The summed E-state index contributed by atoms with van der Waals surface area (Å²) < 4.78 is 28.9. The highest BCUT2D eigenvalue weighted by Gasteiger charge is 2.33. The number of carbonyl (C=O) groups excluding carboxylic acids is 2. The van der Waals surface area contributed by atoms with E-state index in [1.54, 1.807) is 55.5 Å². The maximum absolute atomic E-state index is 14.0. The molecule has 0 saturated heterocycles. The van der Waals surface area contributed by atoms with Gasteiger partial charge < -0.3 is 10.2 Å². The Labute approximate surface area is 247 Å². The number of nitrogens with zero attached hydrogens (tertiary/aromatic N) is 2. The monoisotopic (exact) mass is 603 g/mol. The summed E-state index contributed by atoms with van der Waals surface area (Å²) in [6.07, 6.45) is 0. The Balaban J connectivity index is 2.05. The van der Waals surface area contributed by atoms with Gasteiger partial charge in [0.05, 0.1) is 10.6 Å². The smallest absolute Gasteiger partial charge is 0.264 e. The molecular formula is C30H35Cl2N3O4S. The number of sulfonamides is 1. The molecular weight excluding hydrogens is 569 g/mol. The molecule has 0 bridgehead atoms. The minimum Gasteiger partial charge on any atom is -0.354 e. The third kappa shape index (κ3) is 7.77. The molecule has 0 aliphatic carbocycles. The van der Waals surface area contributed by atoms with Gasteiger partial charge in [-0.3, -0.25) is 13.9 Å². The lowest BCUT2D eigenvalue weighted by molar-refractivity contribution is -0.139. The fourth-order valence-corrected chi connectivity index (χ4v) is 5.96. The Morgan fingerprint density at radius 3 is 2.05 bits per heavy atom. The largest absolute Gasteiger partial charge is 0.354 e. The van der Waals surface area contributed by atoms with Crippen LogP contribution in [-0.2, 0) is 26.2 Å². The molecule has 0 unspecified atom stereocenters. The van der Waals surface area contributed by atoms with Crippen molar-refractivity contribution >= 4 is 50.7 Å². The first kappa shape index (κ1) is 31.5. The van der Waals surface area contributed by atoms with E-state index in [-0.39, 0.29) is 23.3 Å². The van der Waals surface area contributed by atoms with Crippen LogP contribution in [0.2, 0.25) is 10.0 Å². The quantitative estimate of drug-likeness (QED) is 0.291. The Morgan fingerprint density at radius 1 is 0.875 bits per heavy atom. The molecule has 3 aromatic carbocycles. The number of amides is 2. The maximum Gasteiger partial charge on any atom is 0.264 e. The molecule has 40 heavy (non-hydrogen) atoms. The van der Waals surface area contributed by atoms with Gasteiger partial charge >= 0.3 is 0 Å². The predicted octanol–water partition coefficient (Wildman–Crippen LogP) is 6.00. The lowest BCUT2D eigenvalue weighted by atomic mass is 10.1. The van der Waals surface area contributed by atoms with Crippen LogP contribution in [0.25, 0.3) is 0 Å². The van der Waals surface area contributed by atoms with Crippen LogP contribution in [0.5, 0.6) is 0 Å². The standard InChI is InChI=1S/C30H35Cl2N3O4S/c1-20(2)17-33-30(37)23(5)34(18-26-27(31)10-7-11-28(26)32)29(36)19-35(24-9-6-8-22(4)16-24)40(38,39)25-14-12-21(3)13-15-25/h6-16,20,23H,17-19H2,1-5H3,(H,33,37)/t23-/m1/s1. The van der Waals surface area contributed by atoms with E-state index in [2.05, 4.69) is 5.32 Å². The predicted molar refractivity (Wildman–Crippen MR) is 161 cm³/mol. The van der Waals surface area contributed by atoms with E-state index in [9.17, 15) is 18.0 Å². The molecule has 0 heterocycles. The van der Waals surface area contributed by atoms with Crippen molar-refractivity contribution < 1.29 is 18.0 Å². The molecule has 0 saturated carbocycles. The molecule has 2 amide bonds. The van der Waals surface area contributed by atoms with Gasteiger partial charge in [0.2, 0.25) is 11.8 Å². The molecule has 0 aliphatic rings. The SMILES string of the molecule is Cc1ccc(S(=O)(=O)N(CC(=O)N(Cc2c(Cl)cccc2Cl)[C@H](C)C(=O)NCC(C)C)c2cccc(C)c2)cc1. The second kappa shape index (κ2) is 13.5. The molecule has 0 aliphatic heterocycles. The van der Waals surface area contributed by atoms with E-state index in [1.807, 2.05) is 33.8 Å². The topological polar surface area (TPSA) is 86.8 Å². The number of nitrogens with one attached hydrogen (secondary N) is 1. The van der Waals surface area contributed by atoms with Gasteiger partial charge in [-0.25, -0.2) is 8.42 Å². The van der Waals surface area contributed by atoms with Crippen molar-refractivity contribution in [1.29, 1.82) is 0 Å². The number of halogens is 2. The van der Waals surface area contributed by atoms with Crippen molar-refractivity contribution in [3.8, 4) is 0 Å². The van der Waals surface area contributed by atoms with Crippen molar-refractivity contribution in [1.82, 2.24) is 10.2 Å². The van der Waals surface area contributed by atoms with Gasteiger partial charge in [-0.15, -0.1) is 0 Å². The second-order valence-electron chi connectivity index (χ2n) is 10.2. The van der Waals surface area contributed by atoms with E-state index >= 15 is 0 Å². The molecule has 0 aromatic heterocycles. The van der Waals surface area contributed by atoms with Gasteiger partial charge in [-0.05, 0) is 68.7 Å². The van der Waals surface area contributed by atoms with Gasteiger partial charge in [0.1, 0.15) is 12.6 Å². The van der Waals surface area contributed by atoms with Crippen molar-refractivity contribution in [3.05, 3.63) is 93.5 Å². The van der Waals surface area contributed by atoms with Gasteiger partial charge in [0.15, 0.2) is 0 Å². The molecule has 10 heteroatoms. The Bertz CT molecular complexity index is 1440. The van der Waals surface area contributed by atoms with E-state index in [0.717, 1.165) is 15.4 Å². The van der Waals surface area contributed by atoms with Crippen molar-refractivity contribution in [3.63, 3.8) is 0 Å². The van der Waals surface area contributed by atoms with Crippen LogP contribution in [0.1, 0.15) is 37.5 Å². The molecule has 3 aromatic rings. The van der Waals surface area contributed by atoms with Gasteiger partial charge in [-0.2, -0.15) is 0 Å². The van der Waals surface area contributed by atoms with Crippen molar-refractivity contribution in [2.45, 2.75) is 52.1 Å². The number of carbonyl (C=O) groups is 2. The first-order valence-electron chi connectivity index (χ1n) is 13.0. The summed E-state index contributed by atoms with van der Waals surface area (Å²) in [6, 6.07) is 17.4. The Morgan fingerprint density at radius 2 is 1.48 bits per heavy atom. The minimum absolute atomic E-state index is 0.0517. The summed E-state index contributed by atoms with van der Waals surface area (Å²) in [5.74, 6) is -0.746. The van der Waals surface area contributed by atoms with E-state index in [4.69, 9.17) is 23.2 Å². The van der Waals surface area contributed by atoms with Crippen molar-refractivity contribution in [2.24, 2.45) is 5.92 Å². The molecule has 0 fully saturated rings. The van der Waals surface area contributed by atoms with Crippen LogP contribution in [0.3, 0.4) is 0 Å². The molecule has 1 atom stereocenters. The molecule has 0 radical (unpaired) electrons. The van der Waals surface area contributed by atoms with E-state index in [0.29, 0.717) is 27.8 Å². The molecule has 7 nitrogen and oxygen atoms in total. The van der Waals surface area contributed by atoms with Crippen LogP contribution in [0.15, 0.2) is 71.6 Å². The van der Waals surface area contributed by atoms with Crippen molar-refractivity contribution in [2.75, 3.05) is 17.4 Å². The molecule has 1 N–H and O–H groups in total. The van der Waals surface area contributed by atoms with Crippen LogP contribution < -0.4 is 9.62 Å². The number of hydrogen-bond donors (Lipinski definition) is 1. The fraction of sp³-hybridized carbons (Fsp3) is 0.333. The van der Waals surface area contributed by atoms with E-state index < -0.39 is 28.5 Å². The summed E-state index contributed by atoms with van der Waals surface area (Å²) in [7, 11) is -4.14. The second-order valence-corrected chi connectivity index (χ2v) is 12.9. The third-order valence-corrected chi connectivity index (χ3v) is 8.92. The van der Waals surface area contributed by atoms with Gasteiger partial charge in [-0.1, -0.05) is 72.9 Å². The van der Waals surface area contributed by atoms with E-state index in [1.165, 1.54) is 17.0 Å². The highest BCUT2D eigenvalue weighted by Crippen LogP contribution is 2.28. The number of rotatable bonds is 11. The zero-order chi connectivity index (χ0) is 29.6. The maximum atomic E-state index is 14.0. The summed E-state index contributed by atoms with van der Waals surface area (Å²) in [4.78, 5) is 28.5. The highest BCUT2D eigenvalue weighted by molar-refractivity contribution is 7.92. The summed E-state index contributed by atoms with van der Waals surface area (Å²) >= 11 is 12.8. The summed E-state index contributed by atoms with van der Waals surface area (Å²) in [5, 5.41) is 3.53. The Hall–Kier alpha value is -3.07. The van der Waals surface area contributed by atoms with Crippen LogP contribution >= 0.6 is 23.2 Å². The van der Waals surface area contributed by atoms with Crippen LogP contribution in [0, 0.1) is 19.8 Å². The number of benzene rings is 3. The Kier molecular flexibility index (Phi) is 10.6.